The summed E-state index contributed by atoms with van der Waals surface area (Å²) in [5, 5.41) is 4.10. The number of carbonyl (C=O) groups excluding carboxylic acids is 1. The van der Waals surface area contributed by atoms with Crippen molar-refractivity contribution in [2.75, 3.05) is 11.1 Å². The molecule has 1 aliphatic rings. The van der Waals surface area contributed by atoms with E-state index in [1.807, 2.05) is 61.5 Å². The van der Waals surface area contributed by atoms with Crippen LogP contribution in [0.5, 0.6) is 0 Å². The molecule has 2 aromatic heterocycles. The van der Waals surface area contributed by atoms with E-state index in [1.54, 1.807) is 4.57 Å². The molecule has 0 saturated carbocycles. The summed E-state index contributed by atoms with van der Waals surface area (Å²) in [6.07, 6.45) is 0.797. The number of aromatic nitrogens is 2. The average Bonchev–Trinajstić information content (AvgIpc) is 3.22. The van der Waals surface area contributed by atoms with E-state index < -0.39 is 0 Å². The molecular weight excluding hydrogens is 478 g/mol. The first-order valence-corrected chi connectivity index (χ1v) is 13.4. The van der Waals surface area contributed by atoms with Gasteiger partial charge < -0.3 is 10.1 Å². The van der Waals surface area contributed by atoms with Crippen LogP contribution >= 0.6 is 23.1 Å². The third-order valence-electron chi connectivity index (χ3n) is 6.20. The fourth-order valence-electron chi connectivity index (χ4n) is 4.31. The molecule has 1 amide bonds. The van der Waals surface area contributed by atoms with Crippen molar-refractivity contribution in [1.29, 1.82) is 0 Å². The quantitative estimate of drug-likeness (QED) is 0.273. The van der Waals surface area contributed by atoms with Crippen LogP contribution in [0.25, 0.3) is 15.9 Å². The van der Waals surface area contributed by atoms with Gasteiger partial charge >= 0.3 is 0 Å². The molecule has 1 aliphatic heterocycles. The normalized spacial score (nSPS) is 15.4. The summed E-state index contributed by atoms with van der Waals surface area (Å²) in [4.78, 5) is 33.4. The van der Waals surface area contributed by atoms with Gasteiger partial charge in [0.2, 0.25) is 5.91 Å². The van der Waals surface area contributed by atoms with Crippen molar-refractivity contribution < 1.29 is 9.53 Å². The van der Waals surface area contributed by atoms with E-state index in [1.165, 1.54) is 23.1 Å². The Labute approximate surface area is 212 Å². The molecule has 35 heavy (non-hydrogen) atoms. The van der Waals surface area contributed by atoms with E-state index in [0.717, 1.165) is 27.4 Å². The van der Waals surface area contributed by atoms with E-state index in [2.05, 4.69) is 19.2 Å². The third kappa shape index (κ3) is 4.78. The number of rotatable bonds is 6. The number of aryl methyl sites for hydroxylation is 1. The molecule has 0 unspecified atom stereocenters. The van der Waals surface area contributed by atoms with Crippen molar-refractivity contribution >= 4 is 44.9 Å². The van der Waals surface area contributed by atoms with Crippen LogP contribution in [0.2, 0.25) is 0 Å². The Balaban J connectivity index is 1.56. The SMILES string of the molecule is Cc1ccccc1-n1c(SCC(=O)Nc2ccccc2)nc2sc3c(c2c1=O)C[C@@H](C(C)C)OC3. The lowest BCUT2D eigenvalue weighted by Crippen LogP contribution is -2.28. The highest BCUT2D eigenvalue weighted by Gasteiger charge is 2.29. The number of hydrogen-bond acceptors (Lipinski definition) is 6. The highest BCUT2D eigenvalue weighted by molar-refractivity contribution is 7.99. The van der Waals surface area contributed by atoms with Crippen LogP contribution in [0.4, 0.5) is 5.69 Å². The number of benzene rings is 2. The number of amides is 1. The number of para-hydroxylation sites is 2. The fraction of sp³-hybridized carbons (Fsp3) is 0.296. The van der Waals surface area contributed by atoms with Gasteiger partial charge in [0, 0.05) is 17.0 Å². The molecule has 180 valence electrons. The number of hydrogen-bond donors (Lipinski definition) is 1. The van der Waals surface area contributed by atoms with Crippen LogP contribution in [-0.2, 0) is 22.6 Å². The van der Waals surface area contributed by atoms with E-state index in [4.69, 9.17) is 9.72 Å². The largest absolute Gasteiger partial charge is 0.372 e. The van der Waals surface area contributed by atoms with Gasteiger partial charge in [-0.3, -0.25) is 14.2 Å². The number of nitrogens with one attached hydrogen (secondary N) is 1. The third-order valence-corrected chi connectivity index (χ3v) is 8.24. The number of thioether (sulfide) groups is 1. The minimum Gasteiger partial charge on any atom is -0.372 e. The topological polar surface area (TPSA) is 73.2 Å². The predicted octanol–water partition coefficient (Wildman–Crippen LogP) is 5.58. The van der Waals surface area contributed by atoms with Crippen molar-refractivity contribution in [3.05, 3.63) is 81.0 Å². The van der Waals surface area contributed by atoms with Crippen LogP contribution < -0.4 is 10.9 Å². The molecule has 8 heteroatoms. The lowest BCUT2D eigenvalue weighted by molar-refractivity contribution is -0.113. The lowest BCUT2D eigenvalue weighted by atomic mass is 9.96. The maximum absolute atomic E-state index is 14.0. The molecule has 5 rings (SSSR count). The molecule has 4 aromatic rings. The number of carbonyl (C=O) groups is 1. The monoisotopic (exact) mass is 505 g/mol. The summed E-state index contributed by atoms with van der Waals surface area (Å²) in [7, 11) is 0. The van der Waals surface area contributed by atoms with Crippen LogP contribution in [-0.4, -0.2) is 27.3 Å². The van der Waals surface area contributed by atoms with Gasteiger partial charge in [0.1, 0.15) is 4.83 Å². The summed E-state index contributed by atoms with van der Waals surface area (Å²) < 4.78 is 7.72. The molecule has 0 aliphatic carbocycles. The van der Waals surface area contributed by atoms with Crippen molar-refractivity contribution in [1.82, 2.24) is 9.55 Å². The van der Waals surface area contributed by atoms with Gasteiger partial charge in [0.05, 0.1) is 29.5 Å². The first-order chi connectivity index (χ1) is 16.9. The Kier molecular flexibility index (Phi) is 6.77. The molecule has 0 radical (unpaired) electrons. The number of fused-ring (bicyclic) bond motifs is 3. The Morgan fingerprint density at radius 2 is 1.94 bits per heavy atom. The molecule has 1 atom stereocenters. The molecule has 3 heterocycles. The number of thiophene rings is 1. The standard InChI is InChI=1S/C27H27N3O3S2/c1-16(2)21-13-19-22(14-33-21)35-25-24(19)26(32)30(20-12-8-7-9-17(20)3)27(29-25)34-15-23(31)28-18-10-5-4-6-11-18/h4-12,16,21H,13-15H2,1-3H3,(H,28,31)/t21-/m0/s1. The fourth-order valence-corrected chi connectivity index (χ4v) is 6.28. The van der Waals surface area contributed by atoms with Crippen molar-refractivity contribution in [2.45, 2.75) is 45.1 Å². The maximum atomic E-state index is 14.0. The first kappa shape index (κ1) is 23.8. The summed E-state index contributed by atoms with van der Waals surface area (Å²) in [5.41, 5.74) is 3.47. The Morgan fingerprint density at radius 3 is 2.69 bits per heavy atom. The van der Waals surface area contributed by atoms with Crippen LogP contribution in [0.3, 0.4) is 0 Å². The average molecular weight is 506 g/mol. The second-order valence-electron chi connectivity index (χ2n) is 9.01. The predicted molar refractivity (Wildman–Crippen MR) is 143 cm³/mol. The molecule has 0 spiro atoms. The zero-order chi connectivity index (χ0) is 24.5. The van der Waals surface area contributed by atoms with Crippen molar-refractivity contribution in [3.8, 4) is 5.69 Å². The van der Waals surface area contributed by atoms with Crippen molar-refractivity contribution in [3.63, 3.8) is 0 Å². The molecule has 0 saturated heterocycles. The Morgan fingerprint density at radius 1 is 1.20 bits per heavy atom. The Bertz CT molecular complexity index is 1440. The summed E-state index contributed by atoms with van der Waals surface area (Å²) in [6.45, 7) is 6.77. The van der Waals surface area contributed by atoms with Gasteiger partial charge in [-0.25, -0.2) is 4.98 Å². The number of nitrogens with zero attached hydrogens (tertiary/aromatic N) is 2. The highest BCUT2D eigenvalue weighted by Crippen LogP contribution is 2.36. The van der Waals surface area contributed by atoms with Crippen LogP contribution in [0, 0.1) is 12.8 Å². The Hall–Kier alpha value is -2.94. The second-order valence-corrected chi connectivity index (χ2v) is 11.0. The van der Waals surface area contributed by atoms with Gasteiger partial charge in [0.15, 0.2) is 5.16 Å². The van der Waals surface area contributed by atoms with Crippen LogP contribution in [0.15, 0.2) is 64.5 Å². The minimum absolute atomic E-state index is 0.0855. The molecular formula is C27H27N3O3S2. The first-order valence-electron chi connectivity index (χ1n) is 11.6. The van der Waals surface area contributed by atoms with E-state index >= 15 is 0 Å². The molecule has 6 nitrogen and oxygen atoms in total. The smallest absolute Gasteiger partial charge is 0.267 e. The van der Waals surface area contributed by atoms with E-state index in [-0.39, 0.29) is 23.3 Å². The molecule has 0 bridgehead atoms. The summed E-state index contributed by atoms with van der Waals surface area (Å²) in [5.74, 6) is 0.357. The lowest BCUT2D eigenvalue weighted by Gasteiger charge is -2.26. The van der Waals surface area contributed by atoms with Gasteiger partial charge in [-0.1, -0.05) is 62.0 Å². The van der Waals surface area contributed by atoms with E-state index in [0.29, 0.717) is 34.3 Å². The van der Waals surface area contributed by atoms with Crippen molar-refractivity contribution in [2.24, 2.45) is 5.92 Å². The number of anilines is 1. The highest BCUT2D eigenvalue weighted by atomic mass is 32.2. The van der Waals surface area contributed by atoms with Gasteiger partial charge in [-0.2, -0.15) is 0 Å². The molecule has 1 N–H and O–H groups in total. The zero-order valence-electron chi connectivity index (χ0n) is 19.9. The summed E-state index contributed by atoms with van der Waals surface area (Å²) >= 11 is 2.80. The maximum Gasteiger partial charge on any atom is 0.267 e. The second kappa shape index (κ2) is 9.97. The molecule has 2 aromatic carbocycles. The van der Waals surface area contributed by atoms with Gasteiger partial charge in [-0.05, 0) is 42.2 Å². The van der Waals surface area contributed by atoms with E-state index in [9.17, 15) is 9.59 Å². The minimum atomic E-state index is -0.148. The van der Waals surface area contributed by atoms with Gasteiger partial charge in [0.25, 0.3) is 5.56 Å². The zero-order valence-corrected chi connectivity index (χ0v) is 21.5. The van der Waals surface area contributed by atoms with Gasteiger partial charge in [-0.15, -0.1) is 11.3 Å². The number of ether oxygens (including phenoxy) is 1. The molecule has 0 fully saturated rings. The summed E-state index contributed by atoms with van der Waals surface area (Å²) in [6, 6.07) is 17.1. The van der Waals surface area contributed by atoms with Crippen LogP contribution in [0.1, 0.15) is 29.9 Å².